The zero-order valence-electron chi connectivity index (χ0n) is 13.3. The third-order valence-electron chi connectivity index (χ3n) is 4.75. The number of amides is 1. The van der Waals surface area contributed by atoms with Crippen LogP contribution in [0.2, 0.25) is 0 Å². The Morgan fingerprint density at radius 1 is 1.33 bits per heavy atom. The van der Waals surface area contributed by atoms with Gasteiger partial charge in [-0.3, -0.25) is 4.79 Å². The number of hydrogen-bond acceptors (Lipinski definition) is 3. The van der Waals surface area contributed by atoms with E-state index in [9.17, 15) is 4.79 Å². The Balaban J connectivity index is 1.74. The van der Waals surface area contributed by atoms with Crippen LogP contribution in [0.15, 0.2) is 0 Å². The summed E-state index contributed by atoms with van der Waals surface area (Å²) in [4.78, 5) is 22.5. The zero-order chi connectivity index (χ0) is 15.0. The summed E-state index contributed by atoms with van der Waals surface area (Å²) in [5.74, 6) is 1.65. The number of rotatable bonds is 2. The maximum atomic E-state index is 12.1. The predicted octanol–water partition coefficient (Wildman–Crippen LogP) is 1.61. The number of carbonyl (C=O) groups excluding carboxylic acids is 1. The summed E-state index contributed by atoms with van der Waals surface area (Å²) < 4.78 is 0. The van der Waals surface area contributed by atoms with Gasteiger partial charge < -0.3 is 15.2 Å². The summed E-state index contributed by atoms with van der Waals surface area (Å²) >= 11 is 0. The van der Waals surface area contributed by atoms with Gasteiger partial charge in [-0.1, -0.05) is 13.8 Å². The van der Waals surface area contributed by atoms with Gasteiger partial charge in [0.25, 0.3) is 5.91 Å². The van der Waals surface area contributed by atoms with Gasteiger partial charge in [-0.2, -0.15) is 0 Å². The first-order valence-electron chi connectivity index (χ1n) is 7.97. The molecule has 0 atom stereocenters. The van der Waals surface area contributed by atoms with Crippen molar-refractivity contribution in [3.8, 4) is 0 Å². The van der Waals surface area contributed by atoms with Crippen LogP contribution in [-0.4, -0.2) is 47.5 Å². The summed E-state index contributed by atoms with van der Waals surface area (Å²) in [5, 5.41) is 2.99. The van der Waals surface area contributed by atoms with E-state index in [-0.39, 0.29) is 11.3 Å². The Morgan fingerprint density at radius 3 is 2.76 bits per heavy atom. The fraction of sp³-hybridized carbons (Fsp3) is 0.750. The predicted molar refractivity (Wildman–Crippen MR) is 82.3 cm³/mol. The molecule has 2 aliphatic heterocycles. The summed E-state index contributed by atoms with van der Waals surface area (Å²) in [6, 6.07) is 0. The van der Waals surface area contributed by atoms with Crippen LogP contribution >= 0.6 is 0 Å². The van der Waals surface area contributed by atoms with E-state index in [1.165, 1.54) is 25.9 Å². The standard InChI is InChI=1S/C16H26N4O/c1-16(2)9-12-14(15(21)17-10-16)19-13(18-12)8-11-4-6-20(3)7-5-11/h11H,4-10H2,1-3H3,(H,17,21)(H,18,19). The molecule has 5 heteroatoms. The number of aromatic nitrogens is 2. The number of piperidine rings is 1. The molecule has 116 valence electrons. The number of nitrogens with one attached hydrogen (secondary N) is 2. The summed E-state index contributed by atoms with van der Waals surface area (Å²) in [6.07, 6.45) is 4.29. The fourth-order valence-electron chi connectivity index (χ4n) is 3.36. The van der Waals surface area contributed by atoms with E-state index in [1.54, 1.807) is 0 Å². The molecular weight excluding hydrogens is 264 g/mol. The number of H-pyrrole nitrogens is 1. The Bertz CT molecular complexity index is 526. The molecule has 21 heavy (non-hydrogen) atoms. The van der Waals surface area contributed by atoms with Crippen molar-refractivity contribution >= 4 is 5.91 Å². The van der Waals surface area contributed by atoms with Crippen LogP contribution in [0.25, 0.3) is 0 Å². The number of imidazole rings is 1. The minimum absolute atomic E-state index is 0.0264. The molecular formula is C16H26N4O. The Hall–Kier alpha value is -1.36. The Morgan fingerprint density at radius 2 is 2.05 bits per heavy atom. The maximum Gasteiger partial charge on any atom is 0.271 e. The van der Waals surface area contributed by atoms with Crippen molar-refractivity contribution in [3.05, 3.63) is 17.2 Å². The molecule has 3 heterocycles. The summed E-state index contributed by atoms with van der Waals surface area (Å²) in [7, 11) is 2.18. The molecule has 0 radical (unpaired) electrons. The molecule has 3 rings (SSSR count). The topological polar surface area (TPSA) is 61.0 Å². The molecule has 0 spiro atoms. The third kappa shape index (κ3) is 3.28. The number of aromatic amines is 1. The lowest BCUT2D eigenvalue weighted by Gasteiger charge is -2.28. The minimum Gasteiger partial charge on any atom is -0.350 e. The summed E-state index contributed by atoms with van der Waals surface area (Å²) in [5.41, 5.74) is 1.71. The first kappa shape index (κ1) is 14.6. The number of hydrogen-bond donors (Lipinski definition) is 2. The number of carbonyl (C=O) groups is 1. The van der Waals surface area contributed by atoms with Crippen LogP contribution in [0.1, 0.15) is 48.7 Å². The van der Waals surface area contributed by atoms with Gasteiger partial charge >= 0.3 is 0 Å². The van der Waals surface area contributed by atoms with Gasteiger partial charge in [0.15, 0.2) is 0 Å². The van der Waals surface area contributed by atoms with E-state index < -0.39 is 0 Å². The van der Waals surface area contributed by atoms with Gasteiger partial charge in [0.05, 0.1) is 0 Å². The van der Waals surface area contributed by atoms with E-state index in [1.807, 2.05) is 0 Å². The molecule has 1 saturated heterocycles. The second-order valence-electron chi connectivity index (χ2n) is 7.49. The lowest BCUT2D eigenvalue weighted by Crippen LogP contribution is -2.32. The molecule has 0 saturated carbocycles. The lowest BCUT2D eigenvalue weighted by molar-refractivity contribution is 0.0940. The molecule has 2 N–H and O–H groups in total. The van der Waals surface area contributed by atoms with Crippen molar-refractivity contribution in [2.24, 2.45) is 11.3 Å². The number of likely N-dealkylation sites (tertiary alicyclic amines) is 1. The molecule has 0 aliphatic carbocycles. The smallest absolute Gasteiger partial charge is 0.271 e. The lowest BCUT2D eigenvalue weighted by atomic mass is 9.88. The second-order valence-corrected chi connectivity index (χ2v) is 7.49. The third-order valence-corrected chi connectivity index (χ3v) is 4.75. The highest BCUT2D eigenvalue weighted by atomic mass is 16.1. The maximum absolute atomic E-state index is 12.1. The molecule has 0 unspecified atom stereocenters. The molecule has 0 bridgehead atoms. The Labute approximate surface area is 126 Å². The van der Waals surface area contributed by atoms with Crippen molar-refractivity contribution in [1.29, 1.82) is 0 Å². The van der Waals surface area contributed by atoms with E-state index >= 15 is 0 Å². The fourth-order valence-corrected chi connectivity index (χ4v) is 3.36. The second kappa shape index (κ2) is 5.44. The normalized spacial score (nSPS) is 23.5. The van der Waals surface area contributed by atoms with Crippen LogP contribution in [0.5, 0.6) is 0 Å². The minimum atomic E-state index is -0.0264. The highest BCUT2D eigenvalue weighted by Gasteiger charge is 2.30. The molecule has 1 aromatic rings. The highest BCUT2D eigenvalue weighted by molar-refractivity contribution is 5.93. The van der Waals surface area contributed by atoms with E-state index in [4.69, 9.17) is 0 Å². The van der Waals surface area contributed by atoms with Crippen molar-refractivity contribution in [3.63, 3.8) is 0 Å². The van der Waals surface area contributed by atoms with Crippen molar-refractivity contribution in [1.82, 2.24) is 20.2 Å². The van der Waals surface area contributed by atoms with Crippen molar-refractivity contribution < 1.29 is 4.79 Å². The van der Waals surface area contributed by atoms with Crippen LogP contribution in [0.4, 0.5) is 0 Å². The van der Waals surface area contributed by atoms with Crippen molar-refractivity contribution in [2.75, 3.05) is 26.7 Å². The van der Waals surface area contributed by atoms with Gasteiger partial charge in [0.1, 0.15) is 11.5 Å². The zero-order valence-corrected chi connectivity index (χ0v) is 13.3. The van der Waals surface area contributed by atoms with E-state index in [2.05, 4.69) is 41.1 Å². The molecule has 1 fully saturated rings. The quantitative estimate of drug-likeness (QED) is 0.870. The average Bonchev–Trinajstić information content (AvgIpc) is 2.76. The number of nitrogens with zero attached hydrogens (tertiary/aromatic N) is 2. The van der Waals surface area contributed by atoms with Gasteiger partial charge in [-0.25, -0.2) is 4.98 Å². The van der Waals surface area contributed by atoms with Crippen LogP contribution in [0, 0.1) is 11.3 Å². The van der Waals surface area contributed by atoms with Gasteiger partial charge in [-0.05, 0) is 50.7 Å². The van der Waals surface area contributed by atoms with Crippen LogP contribution in [0.3, 0.4) is 0 Å². The monoisotopic (exact) mass is 290 g/mol. The SMILES string of the molecule is CN1CCC(Cc2nc3c([nH]2)CC(C)(C)CNC3=O)CC1. The average molecular weight is 290 g/mol. The van der Waals surface area contributed by atoms with E-state index in [0.717, 1.165) is 24.4 Å². The molecule has 0 aromatic carbocycles. The molecule has 2 aliphatic rings. The van der Waals surface area contributed by atoms with Crippen LogP contribution < -0.4 is 5.32 Å². The molecule has 1 aromatic heterocycles. The Kier molecular flexibility index (Phi) is 3.78. The van der Waals surface area contributed by atoms with Gasteiger partial charge in [0.2, 0.25) is 0 Å². The largest absolute Gasteiger partial charge is 0.350 e. The van der Waals surface area contributed by atoms with Crippen LogP contribution in [-0.2, 0) is 12.8 Å². The van der Waals surface area contributed by atoms with E-state index in [0.29, 0.717) is 18.2 Å². The van der Waals surface area contributed by atoms with Gasteiger partial charge in [0, 0.05) is 18.7 Å². The number of fused-ring (bicyclic) bond motifs is 1. The first-order valence-corrected chi connectivity index (χ1v) is 7.97. The molecule has 1 amide bonds. The van der Waals surface area contributed by atoms with Crippen molar-refractivity contribution in [2.45, 2.75) is 39.5 Å². The summed E-state index contributed by atoms with van der Waals surface area (Å²) in [6.45, 7) is 7.40. The molecule has 5 nitrogen and oxygen atoms in total. The van der Waals surface area contributed by atoms with Gasteiger partial charge in [-0.15, -0.1) is 0 Å². The first-order chi connectivity index (χ1) is 9.93. The highest BCUT2D eigenvalue weighted by Crippen LogP contribution is 2.26.